The van der Waals surface area contributed by atoms with Gasteiger partial charge in [-0.25, -0.2) is 4.39 Å². The summed E-state index contributed by atoms with van der Waals surface area (Å²) in [5, 5.41) is 3.47. The van der Waals surface area contributed by atoms with E-state index < -0.39 is 0 Å². The summed E-state index contributed by atoms with van der Waals surface area (Å²) in [6, 6.07) is 10.1. The molecule has 3 rings (SSSR count). The average Bonchev–Trinajstić information content (AvgIpc) is 2.60. The van der Waals surface area contributed by atoms with Gasteiger partial charge in [0, 0.05) is 42.5 Å². The molecule has 0 atom stereocenters. The Bertz CT molecular complexity index is 682. The van der Waals surface area contributed by atoms with Crippen LogP contribution in [0.4, 0.5) is 4.39 Å². The summed E-state index contributed by atoms with van der Waals surface area (Å²) in [6.45, 7) is 2.07. The lowest BCUT2D eigenvalue weighted by molar-refractivity contribution is 0.0903. The van der Waals surface area contributed by atoms with E-state index in [1.807, 2.05) is 0 Å². The number of hydrogen-bond donors (Lipinski definition) is 1. The Morgan fingerprint density at radius 1 is 1.25 bits per heavy atom. The van der Waals surface area contributed by atoms with Gasteiger partial charge in [-0.15, -0.1) is 0 Å². The summed E-state index contributed by atoms with van der Waals surface area (Å²) in [7, 11) is 0. The predicted molar refractivity (Wildman–Crippen MR) is 91.4 cm³/mol. The summed E-state index contributed by atoms with van der Waals surface area (Å²) in [5.74, 6) is -0.417. The second-order valence-corrected chi connectivity index (χ2v) is 6.35. The Hall–Kier alpha value is -1.98. The summed E-state index contributed by atoms with van der Waals surface area (Å²) >= 11 is 6.08. The van der Waals surface area contributed by atoms with Gasteiger partial charge in [0.05, 0.1) is 0 Å². The third-order valence-electron chi connectivity index (χ3n) is 4.26. The molecule has 1 saturated heterocycles. The van der Waals surface area contributed by atoms with E-state index in [-0.39, 0.29) is 17.8 Å². The van der Waals surface area contributed by atoms with E-state index in [4.69, 9.17) is 11.6 Å². The second kappa shape index (κ2) is 7.73. The number of carbonyl (C=O) groups excluding carboxylic acids is 1. The smallest absolute Gasteiger partial charge is 0.270 e. The number of halogens is 2. The minimum Gasteiger partial charge on any atom is -0.348 e. The molecule has 1 aromatic carbocycles. The Morgan fingerprint density at radius 3 is 2.71 bits per heavy atom. The van der Waals surface area contributed by atoms with Crippen LogP contribution in [0, 0.1) is 5.82 Å². The highest BCUT2D eigenvalue weighted by molar-refractivity contribution is 6.31. The number of carbonyl (C=O) groups is 1. The summed E-state index contributed by atoms with van der Waals surface area (Å²) in [5.41, 5.74) is 0.966. The predicted octanol–water partition coefficient (Wildman–Crippen LogP) is 3.27. The van der Waals surface area contributed by atoms with E-state index in [0.717, 1.165) is 25.9 Å². The van der Waals surface area contributed by atoms with Crippen LogP contribution in [0.2, 0.25) is 5.02 Å². The van der Waals surface area contributed by atoms with Crippen molar-refractivity contribution in [3.8, 4) is 0 Å². The number of nitrogens with zero attached hydrogens (tertiary/aromatic N) is 2. The molecule has 0 unspecified atom stereocenters. The van der Waals surface area contributed by atoms with Gasteiger partial charge in [-0.2, -0.15) is 0 Å². The topological polar surface area (TPSA) is 45.2 Å². The Morgan fingerprint density at radius 2 is 2.04 bits per heavy atom. The van der Waals surface area contributed by atoms with Crippen LogP contribution in [0.25, 0.3) is 0 Å². The fourth-order valence-electron chi connectivity index (χ4n) is 2.90. The second-order valence-electron chi connectivity index (χ2n) is 5.94. The molecule has 0 spiro atoms. The SMILES string of the molecule is O=C(NC1CCN(Cc2c(F)cccc2Cl)CC1)c1ccccn1. The van der Waals surface area contributed by atoms with Crippen LogP contribution >= 0.6 is 11.6 Å². The number of pyridine rings is 1. The molecule has 0 saturated carbocycles. The summed E-state index contributed by atoms with van der Waals surface area (Å²) in [6.07, 6.45) is 3.25. The lowest BCUT2D eigenvalue weighted by Gasteiger charge is -2.32. The van der Waals surface area contributed by atoms with Crippen molar-refractivity contribution in [1.82, 2.24) is 15.2 Å². The average molecular weight is 348 g/mol. The van der Waals surface area contributed by atoms with E-state index in [1.54, 1.807) is 36.5 Å². The first-order valence-electron chi connectivity index (χ1n) is 8.00. The number of nitrogens with one attached hydrogen (secondary N) is 1. The number of amides is 1. The first-order valence-corrected chi connectivity index (χ1v) is 8.38. The zero-order valence-corrected chi connectivity index (χ0v) is 14.0. The summed E-state index contributed by atoms with van der Waals surface area (Å²) < 4.78 is 13.9. The fraction of sp³-hybridized carbons (Fsp3) is 0.333. The molecule has 24 heavy (non-hydrogen) atoms. The molecule has 1 fully saturated rings. The molecule has 1 amide bonds. The van der Waals surface area contributed by atoms with Crippen LogP contribution in [-0.2, 0) is 6.54 Å². The molecular weight excluding hydrogens is 329 g/mol. The highest BCUT2D eigenvalue weighted by atomic mass is 35.5. The normalized spacial score (nSPS) is 16.1. The fourth-order valence-corrected chi connectivity index (χ4v) is 3.12. The van der Waals surface area contributed by atoms with Gasteiger partial charge >= 0.3 is 0 Å². The molecule has 1 aliphatic rings. The number of hydrogen-bond acceptors (Lipinski definition) is 3. The highest BCUT2D eigenvalue weighted by Crippen LogP contribution is 2.22. The minimum atomic E-state index is -0.270. The van der Waals surface area contributed by atoms with Gasteiger partial charge in [-0.05, 0) is 37.1 Å². The minimum absolute atomic E-state index is 0.117. The molecule has 2 aromatic rings. The van der Waals surface area contributed by atoms with Crippen molar-refractivity contribution in [3.05, 3.63) is 64.7 Å². The molecule has 1 N–H and O–H groups in total. The lowest BCUT2D eigenvalue weighted by atomic mass is 10.0. The third kappa shape index (κ3) is 4.10. The molecule has 1 aromatic heterocycles. The molecule has 1 aliphatic heterocycles. The van der Waals surface area contributed by atoms with Crippen LogP contribution in [-0.4, -0.2) is 34.9 Å². The zero-order chi connectivity index (χ0) is 16.9. The summed E-state index contributed by atoms with van der Waals surface area (Å²) in [4.78, 5) is 18.3. The van der Waals surface area contributed by atoms with Gasteiger partial charge in [0.15, 0.2) is 0 Å². The van der Waals surface area contributed by atoms with E-state index in [2.05, 4.69) is 15.2 Å². The first-order chi connectivity index (χ1) is 11.6. The maximum atomic E-state index is 13.9. The molecule has 6 heteroatoms. The molecule has 126 valence electrons. The number of benzene rings is 1. The standard InChI is InChI=1S/C18H19ClFN3O/c19-15-4-3-5-16(20)14(15)12-23-10-7-13(8-11-23)22-18(24)17-6-1-2-9-21-17/h1-6,9,13H,7-8,10-12H2,(H,22,24). The Kier molecular flexibility index (Phi) is 5.43. The molecular formula is C18H19ClFN3O. The van der Waals surface area contributed by atoms with Gasteiger partial charge in [0.2, 0.25) is 0 Å². The van der Waals surface area contributed by atoms with Crippen molar-refractivity contribution in [1.29, 1.82) is 0 Å². The number of rotatable bonds is 4. The van der Waals surface area contributed by atoms with Crippen LogP contribution < -0.4 is 5.32 Å². The van der Waals surface area contributed by atoms with Crippen molar-refractivity contribution in [2.75, 3.05) is 13.1 Å². The first kappa shape index (κ1) is 16.9. The molecule has 2 heterocycles. The Labute approximate surface area is 145 Å². The van der Waals surface area contributed by atoms with Crippen LogP contribution in [0.3, 0.4) is 0 Å². The van der Waals surface area contributed by atoms with Crippen LogP contribution in [0.15, 0.2) is 42.6 Å². The van der Waals surface area contributed by atoms with Crippen LogP contribution in [0.1, 0.15) is 28.9 Å². The molecule has 0 aliphatic carbocycles. The lowest BCUT2D eigenvalue weighted by Crippen LogP contribution is -2.44. The van der Waals surface area contributed by atoms with E-state index in [0.29, 0.717) is 22.8 Å². The zero-order valence-electron chi connectivity index (χ0n) is 13.2. The monoisotopic (exact) mass is 347 g/mol. The molecule has 4 nitrogen and oxygen atoms in total. The van der Waals surface area contributed by atoms with E-state index >= 15 is 0 Å². The maximum Gasteiger partial charge on any atom is 0.270 e. The van der Waals surface area contributed by atoms with Crippen LogP contribution in [0.5, 0.6) is 0 Å². The van der Waals surface area contributed by atoms with Crippen molar-refractivity contribution in [2.24, 2.45) is 0 Å². The van der Waals surface area contributed by atoms with Gasteiger partial charge < -0.3 is 5.32 Å². The van der Waals surface area contributed by atoms with Gasteiger partial charge in [0.1, 0.15) is 11.5 Å². The van der Waals surface area contributed by atoms with Crippen molar-refractivity contribution in [2.45, 2.75) is 25.4 Å². The Balaban J connectivity index is 1.52. The van der Waals surface area contributed by atoms with E-state index in [1.165, 1.54) is 6.07 Å². The van der Waals surface area contributed by atoms with Gasteiger partial charge in [-0.3, -0.25) is 14.7 Å². The quantitative estimate of drug-likeness (QED) is 0.923. The van der Waals surface area contributed by atoms with Gasteiger partial charge in [-0.1, -0.05) is 23.7 Å². The van der Waals surface area contributed by atoms with Crippen molar-refractivity contribution < 1.29 is 9.18 Å². The number of aromatic nitrogens is 1. The molecule has 0 radical (unpaired) electrons. The largest absolute Gasteiger partial charge is 0.348 e. The van der Waals surface area contributed by atoms with E-state index in [9.17, 15) is 9.18 Å². The molecule has 0 bridgehead atoms. The van der Waals surface area contributed by atoms with Crippen molar-refractivity contribution in [3.63, 3.8) is 0 Å². The third-order valence-corrected chi connectivity index (χ3v) is 4.62. The maximum absolute atomic E-state index is 13.9. The van der Waals surface area contributed by atoms with Crippen molar-refractivity contribution >= 4 is 17.5 Å². The van der Waals surface area contributed by atoms with Gasteiger partial charge in [0.25, 0.3) is 5.91 Å². The number of likely N-dealkylation sites (tertiary alicyclic amines) is 1. The highest BCUT2D eigenvalue weighted by Gasteiger charge is 2.22. The number of piperidine rings is 1.